The number of methoxy groups -OCH3 is 4. The molecule has 0 saturated carbocycles. The van der Waals surface area contributed by atoms with Crippen molar-refractivity contribution in [3.05, 3.63) is 29.8 Å². The van der Waals surface area contributed by atoms with Crippen LogP contribution in [0.4, 0.5) is 13.2 Å². The van der Waals surface area contributed by atoms with Crippen LogP contribution in [0, 0.1) is 5.41 Å². The maximum absolute atomic E-state index is 12.6. The van der Waals surface area contributed by atoms with Gasteiger partial charge in [0.15, 0.2) is 6.29 Å². The lowest BCUT2D eigenvalue weighted by molar-refractivity contribution is -0.143. The van der Waals surface area contributed by atoms with Gasteiger partial charge in [0.05, 0.1) is 26.2 Å². The van der Waals surface area contributed by atoms with E-state index in [2.05, 4.69) is 36.1 Å². The van der Waals surface area contributed by atoms with Crippen molar-refractivity contribution >= 4 is 5.91 Å². The van der Waals surface area contributed by atoms with Crippen LogP contribution in [0.15, 0.2) is 24.3 Å². The summed E-state index contributed by atoms with van der Waals surface area (Å²) in [6.07, 6.45) is -3.80. The largest absolute Gasteiger partial charge is 0.497 e. The number of halogens is 3. The lowest BCUT2D eigenvalue weighted by atomic mass is 9.87. The fraction of sp³-hybridized carbons (Fsp3) is 0.708. The van der Waals surface area contributed by atoms with Gasteiger partial charge in [0, 0.05) is 34.4 Å². The van der Waals surface area contributed by atoms with E-state index in [-0.39, 0.29) is 30.3 Å². The highest BCUT2D eigenvalue weighted by molar-refractivity contribution is 5.81. The number of rotatable bonds is 13. The molecule has 0 aliphatic rings. The monoisotopic (exact) mass is 494 g/mol. The van der Waals surface area contributed by atoms with E-state index < -0.39 is 12.6 Å². The Morgan fingerprint density at radius 3 is 2.00 bits per heavy atom. The second-order valence-corrected chi connectivity index (χ2v) is 8.87. The zero-order valence-electron chi connectivity index (χ0n) is 21.4. The summed E-state index contributed by atoms with van der Waals surface area (Å²) < 4.78 is 53.2. The van der Waals surface area contributed by atoms with E-state index in [0.717, 1.165) is 24.2 Å². The molecule has 0 spiro atoms. The molecular weight excluding hydrogens is 453 g/mol. The van der Waals surface area contributed by atoms with Gasteiger partial charge in [-0.15, -0.1) is 0 Å². The molecule has 10 heteroatoms. The first-order valence-corrected chi connectivity index (χ1v) is 11.1. The summed E-state index contributed by atoms with van der Waals surface area (Å²) in [5.74, 6) is 0.831. The van der Waals surface area contributed by atoms with E-state index in [1.165, 1.54) is 7.11 Å². The van der Waals surface area contributed by atoms with Crippen molar-refractivity contribution in [1.29, 1.82) is 0 Å². The van der Waals surface area contributed by atoms with Crippen molar-refractivity contribution in [2.45, 2.75) is 58.5 Å². The molecule has 0 fully saturated rings. The summed E-state index contributed by atoms with van der Waals surface area (Å²) in [7, 11) is 6.06. The van der Waals surface area contributed by atoms with Crippen LogP contribution in [0.5, 0.6) is 5.75 Å². The molecule has 1 aromatic carbocycles. The summed E-state index contributed by atoms with van der Waals surface area (Å²) in [5.41, 5.74) is 1.19. The predicted octanol–water partition coefficient (Wildman–Crippen LogP) is 3.95. The normalized spacial score (nSPS) is 12.7. The maximum atomic E-state index is 12.6. The lowest BCUT2D eigenvalue weighted by Crippen LogP contribution is -2.49. The van der Waals surface area contributed by atoms with Gasteiger partial charge in [-0.05, 0) is 36.0 Å². The molecule has 7 nitrogen and oxygen atoms in total. The van der Waals surface area contributed by atoms with Gasteiger partial charge >= 0.3 is 6.18 Å². The third kappa shape index (κ3) is 16.7. The van der Waals surface area contributed by atoms with Crippen molar-refractivity contribution in [3.8, 4) is 5.75 Å². The first-order valence-electron chi connectivity index (χ1n) is 11.1. The molecule has 1 unspecified atom stereocenters. The first-order chi connectivity index (χ1) is 15.8. The quantitative estimate of drug-likeness (QED) is 0.405. The highest BCUT2D eigenvalue weighted by atomic mass is 19.4. The Kier molecular flexibility index (Phi) is 15.8. The fourth-order valence-electron chi connectivity index (χ4n) is 2.83. The Morgan fingerprint density at radius 1 is 1.00 bits per heavy atom. The summed E-state index contributed by atoms with van der Waals surface area (Å²) in [4.78, 5) is 12.6. The number of carbonyl (C=O) groups is 1. The number of ether oxygens (including phenoxy) is 4. The number of benzene rings is 1. The van der Waals surface area contributed by atoms with Gasteiger partial charge in [0.1, 0.15) is 5.75 Å². The highest BCUT2D eigenvalue weighted by Crippen LogP contribution is 2.21. The SMILES string of the molecule is COCCC(F)(F)F.COc1ccc(CCNC(=O)C(CC(C)(C)C)NCC(OC)OC)cc1. The molecule has 1 amide bonds. The smallest absolute Gasteiger partial charge is 0.391 e. The van der Waals surface area contributed by atoms with Gasteiger partial charge in [0.25, 0.3) is 0 Å². The highest BCUT2D eigenvalue weighted by Gasteiger charge is 2.26. The van der Waals surface area contributed by atoms with Crippen molar-refractivity contribution in [2.24, 2.45) is 5.41 Å². The first kappa shape index (κ1) is 32.1. The number of amides is 1. The van der Waals surface area contributed by atoms with E-state index >= 15 is 0 Å². The number of nitrogens with one attached hydrogen (secondary N) is 2. The maximum Gasteiger partial charge on any atom is 0.391 e. The zero-order valence-corrected chi connectivity index (χ0v) is 21.4. The van der Waals surface area contributed by atoms with Crippen LogP contribution in [0.25, 0.3) is 0 Å². The summed E-state index contributed by atoms with van der Waals surface area (Å²) >= 11 is 0. The Labute approximate surface area is 201 Å². The average molecular weight is 495 g/mol. The molecule has 1 aromatic rings. The van der Waals surface area contributed by atoms with Crippen LogP contribution >= 0.6 is 0 Å². The molecule has 0 aliphatic heterocycles. The van der Waals surface area contributed by atoms with Crippen molar-refractivity contribution in [2.75, 3.05) is 48.1 Å². The minimum absolute atomic E-state index is 0.000562. The molecule has 0 saturated heterocycles. The Balaban J connectivity index is 0.00000116. The zero-order chi connectivity index (χ0) is 26.2. The number of alkyl halides is 3. The topological polar surface area (TPSA) is 78.1 Å². The summed E-state index contributed by atoms with van der Waals surface area (Å²) in [5, 5.41) is 6.29. The van der Waals surface area contributed by atoms with Gasteiger partial charge in [0.2, 0.25) is 5.91 Å². The Morgan fingerprint density at radius 2 is 1.59 bits per heavy atom. The Hall–Kier alpha value is -1.88. The molecule has 198 valence electrons. The van der Waals surface area contributed by atoms with E-state index in [1.807, 2.05) is 24.3 Å². The van der Waals surface area contributed by atoms with Gasteiger partial charge in [-0.2, -0.15) is 13.2 Å². The third-order valence-electron chi connectivity index (χ3n) is 4.65. The number of hydrogen-bond acceptors (Lipinski definition) is 6. The van der Waals surface area contributed by atoms with Crippen molar-refractivity contribution < 1.29 is 36.9 Å². The molecule has 0 bridgehead atoms. The molecule has 2 N–H and O–H groups in total. The minimum atomic E-state index is -4.07. The minimum Gasteiger partial charge on any atom is -0.497 e. The van der Waals surface area contributed by atoms with Crippen LogP contribution in [0.2, 0.25) is 0 Å². The van der Waals surface area contributed by atoms with Crippen molar-refractivity contribution in [3.63, 3.8) is 0 Å². The molecule has 0 aliphatic carbocycles. The molecule has 0 radical (unpaired) electrons. The lowest BCUT2D eigenvalue weighted by Gasteiger charge is -2.27. The molecule has 34 heavy (non-hydrogen) atoms. The molecule has 1 rings (SSSR count). The van der Waals surface area contributed by atoms with Crippen LogP contribution in [0.3, 0.4) is 0 Å². The van der Waals surface area contributed by atoms with E-state index in [9.17, 15) is 18.0 Å². The van der Waals surface area contributed by atoms with E-state index in [1.54, 1.807) is 21.3 Å². The third-order valence-corrected chi connectivity index (χ3v) is 4.65. The fourth-order valence-corrected chi connectivity index (χ4v) is 2.83. The van der Waals surface area contributed by atoms with Gasteiger partial charge in [-0.25, -0.2) is 0 Å². The van der Waals surface area contributed by atoms with Crippen molar-refractivity contribution in [1.82, 2.24) is 10.6 Å². The Bertz CT molecular complexity index is 660. The standard InChI is InChI=1S/C20H34N2O4.C4H7F3O/c1-20(2,3)13-17(22-14-18(25-5)26-6)19(23)21-12-11-15-7-9-16(24-4)10-8-15;1-8-3-2-4(5,6)7/h7-10,17-18,22H,11-14H2,1-6H3,(H,21,23);2-3H2,1H3. The average Bonchev–Trinajstić information content (AvgIpc) is 2.77. The second-order valence-electron chi connectivity index (χ2n) is 8.87. The molecule has 0 aromatic heterocycles. The van der Waals surface area contributed by atoms with Crippen LogP contribution in [0.1, 0.15) is 39.2 Å². The molecule has 1 atom stereocenters. The number of hydrogen-bond donors (Lipinski definition) is 2. The van der Waals surface area contributed by atoms with Crippen LogP contribution in [-0.4, -0.2) is 72.6 Å². The van der Waals surface area contributed by atoms with Crippen LogP contribution < -0.4 is 15.4 Å². The summed E-state index contributed by atoms with van der Waals surface area (Å²) in [6, 6.07) is 7.58. The van der Waals surface area contributed by atoms with Crippen LogP contribution in [-0.2, 0) is 25.4 Å². The predicted molar refractivity (Wildman–Crippen MR) is 126 cm³/mol. The molecular formula is C24H41F3N2O5. The number of carbonyl (C=O) groups excluding carboxylic acids is 1. The van der Waals surface area contributed by atoms with E-state index in [0.29, 0.717) is 13.1 Å². The second kappa shape index (κ2) is 16.7. The summed E-state index contributed by atoms with van der Waals surface area (Å²) in [6.45, 7) is 7.16. The van der Waals surface area contributed by atoms with Gasteiger partial charge in [-0.1, -0.05) is 32.9 Å². The van der Waals surface area contributed by atoms with Gasteiger partial charge < -0.3 is 29.6 Å². The van der Waals surface area contributed by atoms with Gasteiger partial charge in [-0.3, -0.25) is 4.79 Å². The van der Waals surface area contributed by atoms with E-state index in [4.69, 9.17) is 14.2 Å². The molecule has 0 heterocycles.